The van der Waals surface area contributed by atoms with E-state index < -0.39 is 12.0 Å². The number of nitrogens with one attached hydrogen (secondary N) is 1. The Labute approximate surface area is 69.7 Å². The van der Waals surface area contributed by atoms with E-state index in [1.165, 1.54) is 0 Å². The minimum absolute atomic E-state index is 0. The average Bonchev–Trinajstić information content (AvgIpc) is 2.04. The highest BCUT2D eigenvalue weighted by molar-refractivity contribution is 5.85. The molecular formula is C6H10ClF2NO. The fraction of sp³-hybridized carbons (Fsp3) is 1.00. The van der Waals surface area contributed by atoms with Crippen LogP contribution >= 0.6 is 12.4 Å². The van der Waals surface area contributed by atoms with E-state index in [-0.39, 0.29) is 31.5 Å². The first-order valence-corrected chi connectivity index (χ1v) is 3.40. The second-order valence-electron chi connectivity index (χ2n) is 2.92. The quantitative estimate of drug-likeness (QED) is 0.603. The van der Waals surface area contributed by atoms with Crippen molar-refractivity contribution in [3.05, 3.63) is 0 Å². The second-order valence-corrected chi connectivity index (χ2v) is 2.92. The molecule has 0 amide bonds. The van der Waals surface area contributed by atoms with Crippen molar-refractivity contribution in [2.45, 2.75) is 24.4 Å². The minimum Gasteiger partial charge on any atom is -0.378 e. The molecule has 2 bridgehead atoms. The summed E-state index contributed by atoms with van der Waals surface area (Å²) in [7, 11) is 0. The molecule has 2 saturated heterocycles. The largest absolute Gasteiger partial charge is 0.378 e. The summed E-state index contributed by atoms with van der Waals surface area (Å²) >= 11 is 0. The number of halogens is 3. The van der Waals surface area contributed by atoms with Gasteiger partial charge in [0.15, 0.2) is 0 Å². The van der Waals surface area contributed by atoms with Crippen LogP contribution in [0.1, 0.15) is 6.42 Å². The molecule has 0 saturated carbocycles. The molecule has 2 atom stereocenters. The van der Waals surface area contributed by atoms with Crippen LogP contribution < -0.4 is 5.32 Å². The highest BCUT2D eigenvalue weighted by Gasteiger charge is 2.50. The Bertz CT molecular complexity index is 156. The zero-order valence-corrected chi connectivity index (χ0v) is 6.66. The van der Waals surface area contributed by atoms with E-state index in [2.05, 4.69) is 5.32 Å². The lowest BCUT2D eigenvalue weighted by atomic mass is 10.1. The summed E-state index contributed by atoms with van der Waals surface area (Å²) in [5.74, 6) is -2.54. The monoisotopic (exact) mass is 185 g/mol. The van der Waals surface area contributed by atoms with Crippen molar-refractivity contribution in [1.82, 2.24) is 5.32 Å². The zero-order valence-electron chi connectivity index (χ0n) is 5.85. The maximum absolute atomic E-state index is 12.8. The molecule has 0 aliphatic carbocycles. The fourth-order valence-corrected chi connectivity index (χ4v) is 1.54. The third-order valence-electron chi connectivity index (χ3n) is 2.07. The number of hydrogen-bond acceptors (Lipinski definition) is 2. The molecule has 2 rings (SSSR count). The summed E-state index contributed by atoms with van der Waals surface area (Å²) in [4.78, 5) is 0. The van der Waals surface area contributed by atoms with Gasteiger partial charge in [0.1, 0.15) is 0 Å². The summed E-state index contributed by atoms with van der Waals surface area (Å²) < 4.78 is 30.5. The molecule has 5 heteroatoms. The molecule has 0 aromatic heterocycles. The third-order valence-corrected chi connectivity index (χ3v) is 2.07. The van der Waals surface area contributed by atoms with Gasteiger partial charge in [0.05, 0.1) is 19.3 Å². The number of ether oxygens (including phenoxy) is 1. The van der Waals surface area contributed by atoms with Gasteiger partial charge in [-0.3, -0.25) is 0 Å². The van der Waals surface area contributed by atoms with Crippen LogP contribution in [-0.2, 0) is 4.74 Å². The molecule has 11 heavy (non-hydrogen) atoms. The minimum atomic E-state index is -2.54. The lowest BCUT2D eigenvalue weighted by Gasteiger charge is -2.21. The van der Waals surface area contributed by atoms with Gasteiger partial charge >= 0.3 is 0 Å². The fourth-order valence-electron chi connectivity index (χ4n) is 1.54. The molecule has 0 spiro atoms. The summed E-state index contributed by atoms with van der Waals surface area (Å²) in [5, 5.41) is 2.81. The lowest BCUT2D eigenvalue weighted by Crippen LogP contribution is -2.45. The van der Waals surface area contributed by atoms with Gasteiger partial charge in [-0.15, -0.1) is 12.4 Å². The molecule has 2 unspecified atom stereocenters. The number of rotatable bonds is 0. The molecule has 0 radical (unpaired) electrons. The van der Waals surface area contributed by atoms with Gasteiger partial charge < -0.3 is 10.1 Å². The van der Waals surface area contributed by atoms with Crippen LogP contribution in [0.5, 0.6) is 0 Å². The number of hydrogen-bond donors (Lipinski definition) is 1. The van der Waals surface area contributed by atoms with Gasteiger partial charge in [-0.1, -0.05) is 0 Å². The van der Waals surface area contributed by atoms with Crippen LogP contribution in [-0.4, -0.2) is 31.2 Å². The summed E-state index contributed by atoms with van der Waals surface area (Å²) in [6.45, 7) is 0.593. The molecule has 0 aromatic rings. The van der Waals surface area contributed by atoms with Crippen molar-refractivity contribution in [1.29, 1.82) is 0 Å². The highest BCUT2D eigenvalue weighted by Crippen LogP contribution is 2.33. The Hall–Kier alpha value is 0.0700. The Morgan fingerprint density at radius 1 is 1.36 bits per heavy atom. The first kappa shape index (κ1) is 9.16. The Kier molecular flexibility index (Phi) is 2.37. The van der Waals surface area contributed by atoms with Gasteiger partial charge in [-0.05, 0) is 0 Å². The summed E-state index contributed by atoms with van der Waals surface area (Å²) in [5.41, 5.74) is 0. The molecule has 2 aliphatic rings. The predicted octanol–water partition coefficient (Wildman–Crippen LogP) is 0.804. The molecule has 2 aliphatic heterocycles. The maximum Gasteiger partial charge on any atom is 0.266 e. The molecule has 2 fully saturated rings. The van der Waals surface area contributed by atoms with Gasteiger partial charge in [0.2, 0.25) is 0 Å². The Morgan fingerprint density at radius 2 is 2.09 bits per heavy atom. The van der Waals surface area contributed by atoms with Crippen LogP contribution in [0.25, 0.3) is 0 Å². The van der Waals surface area contributed by atoms with Crippen LogP contribution in [0.15, 0.2) is 0 Å². The van der Waals surface area contributed by atoms with Crippen molar-refractivity contribution in [3.8, 4) is 0 Å². The Morgan fingerprint density at radius 3 is 2.64 bits per heavy atom. The van der Waals surface area contributed by atoms with Crippen LogP contribution in [0.2, 0.25) is 0 Å². The van der Waals surface area contributed by atoms with Crippen LogP contribution in [0, 0.1) is 0 Å². The average molecular weight is 186 g/mol. The van der Waals surface area contributed by atoms with Crippen LogP contribution in [0.3, 0.4) is 0 Å². The maximum atomic E-state index is 12.8. The predicted molar refractivity (Wildman–Crippen MR) is 38.3 cm³/mol. The number of fused-ring (bicyclic) bond motifs is 2. The zero-order chi connectivity index (χ0) is 7.19. The summed E-state index contributed by atoms with van der Waals surface area (Å²) in [6.07, 6.45) is -0.0579. The van der Waals surface area contributed by atoms with Gasteiger partial charge in [-0.2, -0.15) is 0 Å². The molecule has 1 N–H and O–H groups in total. The first-order chi connectivity index (χ1) is 4.68. The lowest BCUT2D eigenvalue weighted by molar-refractivity contribution is -0.0327. The standard InChI is InChI=1S/C6H9F2NO.ClH/c7-6(8)1-4-2-10-3-5(6)9-4;/h4-5,9H,1-3H2;1H. The molecule has 2 heterocycles. The molecule has 0 aromatic carbocycles. The van der Waals surface area contributed by atoms with E-state index in [0.29, 0.717) is 6.61 Å². The van der Waals surface area contributed by atoms with Crippen LogP contribution in [0.4, 0.5) is 8.78 Å². The first-order valence-electron chi connectivity index (χ1n) is 3.40. The molecule has 2 nitrogen and oxygen atoms in total. The van der Waals surface area contributed by atoms with Crippen molar-refractivity contribution >= 4 is 12.4 Å². The smallest absolute Gasteiger partial charge is 0.266 e. The van der Waals surface area contributed by atoms with E-state index in [0.717, 1.165) is 0 Å². The molecule has 66 valence electrons. The number of morpholine rings is 1. The van der Waals surface area contributed by atoms with Crippen molar-refractivity contribution in [2.75, 3.05) is 13.2 Å². The van der Waals surface area contributed by atoms with E-state index in [4.69, 9.17) is 4.74 Å². The van der Waals surface area contributed by atoms with Crippen molar-refractivity contribution < 1.29 is 13.5 Å². The highest BCUT2D eigenvalue weighted by atomic mass is 35.5. The van der Waals surface area contributed by atoms with Gasteiger partial charge in [0, 0.05) is 12.5 Å². The van der Waals surface area contributed by atoms with E-state index in [9.17, 15) is 8.78 Å². The van der Waals surface area contributed by atoms with Crippen molar-refractivity contribution in [3.63, 3.8) is 0 Å². The Balaban J connectivity index is 0.000000605. The van der Waals surface area contributed by atoms with E-state index >= 15 is 0 Å². The normalized spacial score (nSPS) is 39.8. The topological polar surface area (TPSA) is 21.3 Å². The second kappa shape index (κ2) is 2.84. The van der Waals surface area contributed by atoms with E-state index in [1.54, 1.807) is 0 Å². The van der Waals surface area contributed by atoms with Crippen molar-refractivity contribution in [2.24, 2.45) is 0 Å². The SMILES string of the molecule is Cl.FC1(F)CC2COCC1N2. The van der Waals surface area contributed by atoms with E-state index in [1.807, 2.05) is 0 Å². The summed E-state index contributed by atoms with van der Waals surface area (Å²) in [6, 6.07) is -0.847. The van der Waals surface area contributed by atoms with Gasteiger partial charge in [0.25, 0.3) is 5.92 Å². The molecular weight excluding hydrogens is 176 g/mol. The number of alkyl halides is 2. The third kappa shape index (κ3) is 1.48. The van der Waals surface area contributed by atoms with Gasteiger partial charge in [-0.25, -0.2) is 8.78 Å².